The smallest absolute Gasteiger partial charge is 0.0413 e. The highest BCUT2D eigenvalue weighted by molar-refractivity contribution is 5.81. The Morgan fingerprint density at radius 1 is 1.00 bits per heavy atom. The lowest BCUT2D eigenvalue weighted by atomic mass is 9.99. The van der Waals surface area contributed by atoms with Gasteiger partial charge in [0.05, 0.1) is 0 Å². The second kappa shape index (κ2) is 6.25. The minimum Gasteiger partial charge on any atom is -0.388 e. The van der Waals surface area contributed by atoms with E-state index in [1.165, 1.54) is 22.3 Å². The van der Waals surface area contributed by atoms with Crippen LogP contribution in [0.25, 0.3) is 11.6 Å². The average molecular weight is 263 g/mol. The lowest BCUT2D eigenvalue weighted by Gasteiger charge is -2.09. The maximum atomic E-state index is 4.18. The van der Waals surface area contributed by atoms with Gasteiger partial charge in [-0.2, -0.15) is 0 Å². The zero-order chi connectivity index (χ0) is 14.5. The first-order valence-corrected chi connectivity index (χ1v) is 6.84. The molecule has 0 bridgehead atoms. The van der Waals surface area contributed by atoms with Crippen molar-refractivity contribution in [2.45, 2.75) is 13.8 Å². The summed E-state index contributed by atoms with van der Waals surface area (Å²) < 4.78 is 0. The highest BCUT2D eigenvalue weighted by atomic mass is 14.8. The van der Waals surface area contributed by atoms with E-state index < -0.39 is 0 Å². The van der Waals surface area contributed by atoms with Crippen LogP contribution < -0.4 is 5.32 Å². The van der Waals surface area contributed by atoms with Gasteiger partial charge in [-0.05, 0) is 42.2 Å². The molecule has 1 N–H and O–H groups in total. The van der Waals surface area contributed by atoms with Crippen molar-refractivity contribution in [2.24, 2.45) is 0 Å². The Morgan fingerprint density at radius 2 is 1.70 bits per heavy atom. The van der Waals surface area contributed by atoms with Crippen LogP contribution in [0.3, 0.4) is 0 Å². The fourth-order valence-corrected chi connectivity index (χ4v) is 2.33. The number of allylic oxidation sites excluding steroid dienone is 2. The number of benzene rings is 2. The fraction of sp³-hybridized carbons (Fsp3) is 0.158. The van der Waals surface area contributed by atoms with Crippen molar-refractivity contribution in [1.29, 1.82) is 0 Å². The molecule has 0 saturated heterocycles. The van der Waals surface area contributed by atoms with Crippen LogP contribution in [-0.4, -0.2) is 7.05 Å². The Kier molecular flexibility index (Phi) is 4.41. The summed E-state index contributed by atoms with van der Waals surface area (Å²) in [5, 5.41) is 3.23. The third-order valence-corrected chi connectivity index (χ3v) is 3.54. The van der Waals surface area contributed by atoms with Gasteiger partial charge in [-0.25, -0.2) is 0 Å². The van der Waals surface area contributed by atoms with E-state index in [4.69, 9.17) is 0 Å². The Balaban J connectivity index is 2.31. The number of anilines is 1. The highest BCUT2D eigenvalue weighted by Gasteiger charge is 2.02. The van der Waals surface area contributed by atoms with Crippen LogP contribution in [0.4, 0.5) is 5.69 Å². The van der Waals surface area contributed by atoms with Gasteiger partial charge in [-0.1, -0.05) is 55.1 Å². The molecule has 2 rings (SSSR count). The molecule has 1 heteroatoms. The van der Waals surface area contributed by atoms with Crippen LogP contribution in [0, 0.1) is 13.8 Å². The highest BCUT2D eigenvalue weighted by Crippen LogP contribution is 2.24. The molecule has 0 saturated carbocycles. The van der Waals surface area contributed by atoms with Gasteiger partial charge in [0.15, 0.2) is 0 Å². The summed E-state index contributed by atoms with van der Waals surface area (Å²) in [7, 11) is 1.95. The van der Waals surface area contributed by atoms with Crippen LogP contribution >= 0.6 is 0 Å². The Labute approximate surface area is 121 Å². The molecule has 0 aromatic heterocycles. The third kappa shape index (κ3) is 3.00. The summed E-state index contributed by atoms with van der Waals surface area (Å²) in [4.78, 5) is 0. The van der Waals surface area contributed by atoms with Gasteiger partial charge in [0.1, 0.15) is 0 Å². The summed E-state index contributed by atoms with van der Waals surface area (Å²) in [6.07, 6.45) is 4.22. The topological polar surface area (TPSA) is 12.0 Å². The molecule has 0 heterocycles. The molecule has 0 amide bonds. The first-order chi connectivity index (χ1) is 9.63. The number of hydrogen-bond donors (Lipinski definition) is 1. The molecular weight excluding hydrogens is 242 g/mol. The molecule has 0 aliphatic rings. The molecule has 2 aromatic carbocycles. The molecule has 102 valence electrons. The maximum Gasteiger partial charge on any atom is 0.0413 e. The molecule has 0 radical (unpaired) electrons. The van der Waals surface area contributed by atoms with E-state index in [2.05, 4.69) is 74.3 Å². The fourth-order valence-electron chi connectivity index (χ4n) is 2.33. The third-order valence-electron chi connectivity index (χ3n) is 3.54. The number of aryl methyl sites for hydroxylation is 2. The molecule has 0 fully saturated rings. The van der Waals surface area contributed by atoms with Crippen LogP contribution in [0.1, 0.15) is 22.3 Å². The second-order valence-corrected chi connectivity index (χ2v) is 4.96. The lowest BCUT2D eigenvalue weighted by Crippen LogP contribution is -1.93. The summed E-state index contributed by atoms with van der Waals surface area (Å²) in [5.41, 5.74) is 7.09. The van der Waals surface area contributed by atoms with Crippen LogP contribution in [0.5, 0.6) is 0 Å². The molecular formula is C19H21N. The molecule has 20 heavy (non-hydrogen) atoms. The van der Waals surface area contributed by atoms with E-state index in [0.29, 0.717) is 0 Å². The SMILES string of the molecule is C=C(/C=C\c1c(C)cccc1NC)c1ccccc1C. The van der Waals surface area contributed by atoms with Crippen LogP contribution in [0.2, 0.25) is 0 Å². The Morgan fingerprint density at radius 3 is 2.40 bits per heavy atom. The lowest BCUT2D eigenvalue weighted by molar-refractivity contribution is 1.40. The minimum atomic E-state index is 1.04. The first-order valence-electron chi connectivity index (χ1n) is 6.84. The van der Waals surface area contributed by atoms with Gasteiger partial charge >= 0.3 is 0 Å². The molecule has 0 unspecified atom stereocenters. The normalized spacial score (nSPS) is 10.8. The quantitative estimate of drug-likeness (QED) is 0.759. The van der Waals surface area contributed by atoms with Crippen molar-refractivity contribution in [1.82, 2.24) is 0 Å². The van der Waals surface area contributed by atoms with Crippen LogP contribution in [0.15, 0.2) is 55.1 Å². The maximum absolute atomic E-state index is 4.18. The zero-order valence-electron chi connectivity index (χ0n) is 12.4. The molecule has 0 aliphatic heterocycles. The van der Waals surface area contributed by atoms with E-state index >= 15 is 0 Å². The number of rotatable bonds is 4. The number of nitrogens with one attached hydrogen (secondary N) is 1. The van der Waals surface area contributed by atoms with E-state index in [1.807, 2.05) is 13.1 Å². The van der Waals surface area contributed by atoms with Crippen molar-refractivity contribution in [2.75, 3.05) is 12.4 Å². The van der Waals surface area contributed by atoms with E-state index in [0.717, 1.165) is 11.3 Å². The first kappa shape index (κ1) is 14.1. The van der Waals surface area contributed by atoms with Crippen molar-refractivity contribution < 1.29 is 0 Å². The van der Waals surface area contributed by atoms with Crippen molar-refractivity contribution in [3.05, 3.63) is 77.4 Å². The molecule has 2 aromatic rings. The molecule has 1 nitrogen and oxygen atoms in total. The molecule has 0 atom stereocenters. The summed E-state index contributed by atoms with van der Waals surface area (Å²) >= 11 is 0. The second-order valence-electron chi connectivity index (χ2n) is 4.96. The average Bonchev–Trinajstić information content (AvgIpc) is 2.46. The largest absolute Gasteiger partial charge is 0.388 e. The van der Waals surface area contributed by atoms with Crippen molar-refractivity contribution in [3.8, 4) is 0 Å². The summed E-state index contributed by atoms with van der Waals surface area (Å²) in [6.45, 7) is 8.41. The minimum absolute atomic E-state index is 1.04. The molecule has 0 spiro atoms. The van der Waals surface area contributed by atoms with E-state index in [-0.39, 0.29) is 0 Å². The summed E-state index contributed by atoms with van der Waals surface area (Å²) in [6, 6.07) is 14.6. The van der Waals surface area contributed by atoms with Gasteiger partial charge < -0.3 is 5.32 Å². The van der Waals surface area contributed by atoms with Crippen molar-refractivity contribution in [3.63, 3.8) is 0 Å². The predicted molar refractivity (Wildman–Crippen MR) is 90.0 cm³/mol. The van der Waals surface area contributed by atoms with Gasteiger partial charge in [-0.3, -0.25) is 0 Å². The van der Waals surface area contributed by atoms with E-state index in [1.54, 1.807) is 0 Å². The Hall–Kier alpha value is -2.28. The monoisotopic (exact) mass is 263 g/mol. The van der Waals surface area contributed by atoms with Crippen LogP contribution in [-0.2, 0) is 0 Å². The zero-order valence-corrected chi connectivity index (χ0v) is 12.4. The van der Waals surface area contributed by atoms with Gasteiger partial charge in [0.2, 0.25) is 0 Å². The molecule has 0 aliphatic carbocycles. The predicted octanol–water partition coefficient (Wildman–Crippen LogP) is 5.07. The van der Waals surface area contributed by atoms with E-state index in [9.17, 15) is 0 Å². The standard InChI is InChI=1S/C19H21N/c1-14-8-5-6-10-17(14)16(3)12-13-18-15(2)9-7-11-19(18)20-4/h5-13,20H,3H2,1-2,4H3/b13-12-. The number of hydrogen-bond acceptors (Lipinski definition) is 1. The van der Waals surface area contributed by atoms with Gasteiger partial charge in [0, 0.05) is 18.3 Å². The van der Waals surface area contributed by atoms with Crippen molar-refractivity contribution >= 4 is 17.3 Å². The van der Waals surface area contributed by atoms with Gasteiger partial charge in [-0.15, -0.1) is 0 Å². The van der Waals surface area contributed by atoms with Gasteiger partial charge in [0.25, 0.3) is 0 Å². The Bertz CT molecular complexity index is 651. The summed E-state index contributed by atoms with van der Waals surface area (Å²) in [5.74, 6) is 0.